The minimum absolute atomic E-state index is 0.348. The zero-order valence-corrected chi connectivity index (χ0v) is 17.0. The predicted molar refractivity (Wildman–Crippen MR) is 110 cm³/mol. The first kappa shape index (κ1) is 19.5. The monoisotopic (exact) mass is 409 g/mol. The molecule has 2 aromatic carbocycles. The minimum Gasteiger partial charge on any atom is -0.496 e. The maximum atomic E-state index is 13.9. The van der Waals surface area contributed by atoms with Gasteiger partial charge in [-0.05, 0) is 42.5 Å². The van der Waals surface area contributed by atoms with Crippen LogP contribution in [-0.4, -0.2) is 43.0 Å². The lowest BCUT2D eigenvalue weighted by atomic mass is 10.1. The first-order valence-corrected chi connectivity index (χ1v) is 9.08. The zero-order valence-electron chi connectivity index (χ0n) is 17.0. The summed E-state index contributed by atoms with van der Waals surface area (Å²) in [6, 6.07) is 11.7. The molecule has 0 amide bonds. The van der Waals surface area contributed by atoms with Crippen molar-refractivity contribution in [1.29, 1.82) is 0 Å². The molecule has 0 fully saturated rings. The molecular formula is C22H20FN3O4. The van der Waals surface area contributed by atoms with Gasteiger partial charge in [0.25, 0.3) is 0 Å². The van der Waals surface area contributed by atoms with Crippen LogP contribution in [0.3, 0.4) is 0 Å². The molecule has 0 radical (unpaired) electrons. The van der Waals surface area contributed by atoms with Crippen molar-refractivity contribution in [1.82, 2.24) is 14.6 Å². The summed E-state index contributed by atoms with van der Waals surface area (Å²) in [7, 11) is 6.20. The average molecular weight is 409 g/mol. The van der Waals surface area contributed by atoms with E-state index in [1.54, 1.807) is 46.6 Å². The molecule has 0 aliphatic carbocycles. The van der Waals surface area contributed by atoms with Crippen molar-refractivity contribution in [2.75, 3.05) is 28.4 Å². The van der Waals surface area contributed by atoms with E-state index in [2.05, 4.69) is 10.2 Å². The van der Waals surface area contributed by atoms with E-state index in [0.29, 0.717) is 40.0 Å². The van der Waals surface area contributed by atoms with E-state index in [0.717, 1.165) is 11.1 Å². The number of fused-ring (bicyclic) bond motifs is 1. The average Bonchev–Trinajstić information content (AvgIpc) is 3.21. The topological polar surface area (TPSA) is 67.1 Å². The Bertz CT molecular complexity index is 1200. The third-order valence-electron chi connectivity index (χ3n) is 4.80. The SMILES string of the molecule is COc1ccc(F)cc1-c1ccc2nnc(-c3cc(OC)c(OC)c(OC)c3)n2c1. The first-order chi connectivity index (χ1) is 14.6. The highest BCUT2D eigenvalue weighted by atomic mass is 19.1. The molecule has 2 heterocycles. The number of hydrogen-bond acceptors (Lipinski definition) is 6. The van der Waals surface area contributed by atoms with Crippen molar-refractivity contribution in [3.8, 4) is 45.5 Å². The van der Waals surface area contributed by atoms with E-state index >= 15 is 0 Å². The van der Waals surface area contributed by atoms with Gasteiger partial charge < -0.3 is 18.9 Å². The van der Waals surface area contributed by atoms with Crippen LogP contribution in [-0.2, 0) is 0 Å². The van der Waals surface area contributed by atoms with Crippen LogP contribution < -0.4 is 18.9 Å². The number of rotatable bonds is 6. The molecule has 0 atom stereocenters. The predicted octanol–water partition coefficient (Wildman–Crippen LogP) is 4.24. The number of methoxy groups -OCH3 is 4. The third-order valence-corrected chi connectivity index (χ3v) is 4.80. The Balaban J connectivity index is 1.91. The molecule has 8 heteroatoms. The Labute approximate surface area is 172 Å². The maximum Gasteiger partial charge on any atom is 0.203 e. The number of nitrogens with zero attached hydrogens (tertiary/aromatic N) is 3. The van der Waals surface area contributed by atoms with Crippen molar-refractivity contribution in [2.45, 2.75) is 0 Å². The van der Waals surface area contributed by atoms with Gasteiger partial charge in [-0.25, -0.2) is 4.39 Å². The molecule has 0 unspecified atom stereocenters. The highest BCUT2D eigenvalue weighted by Gasteiger charge is 2.18. The molecule has 0 saturated heterocycles. The normalized spacial score (nSPS) is 10.8. The third kappa shape index (κ3) is 3.26. The molecule has 0 aliphatic rings. The molecule has 0 saturated carbocycles. The van der Waals surface area contributed by atoms with Gasteiger partial charge in [-0.3, -0.25) is 4.40 Å². The molecule has 0 N–H and O–H groups in total. The van der Waals surface area contributed by atoms with E-state index in [1.807, 2.05) is 22.7 Å². The highest BCUT2D eigenvalue weighted by molar-refractivity contribution is 5.73. The van der Waals surface area contributed by atoms with Gasteiger partial charge in [-0.15, -0.1) is 10.2 Å². The summed E-state index contributed by atoms with van der Waals surface area (Å²) in [6.07, 6.45) is 1.84. The van der Waals surface area contributed by atoms with E-state index < -0.39 is 0 Å². The van der Waals surface area contributed by atoms with Crippen LogP contribution in [0.25, 0.3) is 28.2 Å². The summed E-state index contributed by atoms with van der Waals surface area (Å²) in [5.41, 5.74) is 2.74. The second kappa shape index (κ2) is 7.90. The van der Waals surface area contributed by atoms with Crippen molar-refractivity contribution in [3.05, 3.63) is 54.5 Å². The van der Waals surface area contributed by atoms with Crippen LogP contribution in [0.2, 0.25) is 0 Å². The molecule has 0 bridgehead atoms. The molecule has 7 nitrogen and oxygen atoms in total. The van der Waals surface area contributed by atoms with Crippen LogP contribution in [0.5, 0.6) is 23.0 Å². The summed E-state index contributed by atoms with van der Waals surface area (Å²) in [6.45, 7) is 0. The van der Waals surface area contributed by atoms with E-state index in [1.165, 1.54) is 12.1 Å². The Morgan fingerprint density at radius 3 is 2.07 bits per heavy atom. The fraction of sp³-hybridized carbons (Fsp3) is 0.182. The summed E-state index contributed by atoms with van der Waals surface area (Å²) in [4.78, 5) is 0. The molecule has 154 valence electrons. The van der Waals surface area contributed by atoms with Crippen molar-refractivity contribution in [2.24, 2.45) is 0 Å². The Morgan fingerprint density at radius 1 is 0.733 bits per heavy atom. The number of hydrogen-bond donors (Lipinski definition) is 0. The summed E-state index contributed by atoms with van der Waals surface area (Å²) < 4.78 is 37.4. The molecule has 0 aliphatic heterocycles. The number of halogens is 1. The summed E-state index contributed by atoms with van der Waals surface area (Å²) in [5.74, 6) is 2.29. The van der Waals surface area contributed by atoms with Crippen LogP contribution >= 0.6 is 0 Å². The second-order valence-corrected chi connectivity index (χ2v) is 6.43. The molecule has 2 aromatic heterocycles. The molecule has 4 rings (SSSR count). The maximum absolute atomic E-state index is 13.9. The van der Waals surface area contributed by atoms with Crippen LogP contribution in [0, 0.1) is 5.82 Å². The van der Waals surface area contributed by atoms with Crippen LogP contribution in [0.4, 0.5) is 4.39 Å². The Morgan fingerprint density at radius 2 is 1.43 bits per heavy atom. The zero-order chi connectivity index (χ0) is 21.3. The van der Waals surface area contributed by atoms with Gasteiger partial charge >= 0.3 is 0 Å². The number of pyridine rings is 1. The quantitative estimate of drug-likeness (QED) is 0.475. The standard InChI is InChI=1S/C22H20FN3O4/c1-27-17-7-6-15(23)11-16(17)13-5-8-20-24-25-22(26(20)12-13)14-9-18(28-2)21(30-4)19(10-14)29-3/h5-12H,1-4H3. The molecule has 30 heavy (non-hydrogen) atoms. The van der Waals surface area contributed by atoms with Crippen molar-refractivity contribution >= 4 is 5.65 Å². The van der Waals surface area contributed by atoms with E-state index in [9.17, 15) is 4.39 Å². The summed E-state index contributed by atoms with van der Waals surface area (Å²) >= 11 is 0. The molecule has 0 spiro atoms. The second-order valence-electron chi connectivity index (χ2n) is 6.43. The van der Waals surface area contributed by atoms with Gasteiger partial charge in [0.05, 0.1) is 28.4 Å². The summed E-state index contributed by atoms with van der Waals surface area (Å²) in [5, 5.41) is 8.56. The lowest BCUT2D eigenvalue weighted by molar-refractivity contribution is 0.324. The van der Waals surface area contributed by atoms with Crippen LogP contribution in [0.15, 0.2) is 48.7 Å². The number of ether oxygens (including phenoxy) is 4. The van der Waals surface area contributed by atoms with E-state index in [-0.39, 0.29) is 5.82 Å². The van der Waals surface area contributed by atoms with Gasteiger partial charge in [0, 0.05) is 22.9 Å². The van der Waals surface area contributed by atoms with Crippen molar-refractivity contribution < 1.29 is 23.3 Å². The van der Waals surface area contributed by atoms with Crippen LogP contribution in [0.1, 0.15) is 0 Å². The number of benzene rings is 2. The highest BCUT2D eigenvalue weighted by Crippen LogP contribution is 2.41. The smallest absolute Gasteiger partial charge is 0.203 e. The molecule has 4 aromatic rings. The first-order valence-electron chi connectivity index (χ1n) is 9.08. The van der Waals surface area contributed by atoms with Gasteiger partial charge in [0.15, 0.2) is 23.0 Å². The fourth-order valence-electron chi connectivity index (χ4n) is 3.36. The minimum atomic E-state index is -0.348. The fourth-order valence-corrected chi connectivity index (χ4v) is 3.36. The lowest BCUT2D eigenvalue weighted by Gasteiger charge is -2.14. The van der Waals surface area contributed by atoms with E-state index in [4.69, 9.17) is 18.9 Å². The Hall–Kier alpha value is -3.81. The van der Waals surface area contributed by atoms with Gasteiger partial charge in [0.1, 0.15) is 11.6 Å². The van der Waals surface area contributed by atoms with Gasteiger partial charge in [-0.2, -0.15) is 0 Å². The number of aromatic nitrogens is 3. The lowest BCUT2D eigenvalue weighted by Crippen LogP contribution is -1.97. The van der Waals surface area contributed by atoms with Gasteiger partial charge in [-0.1, -0.05) is 0 Å². The van der Waals surface area contributed by atoms with Crippen molar-refractivity contribution in [3.63, 3.8) is 0 Å². The molecular weight excluding hydrogens is 389 g/mol. The van der Waals surface area contributed by atoms with Gasteiger partial charge in [0.2, 0.25) is 5.75 Å². The largest absolute Gasteiger partial charge is 0.496 e. The Kier molecular flexibility index (Phi) is 5.14.